The Morgan fingerprint density at radius 3 is 2.86 bits per heavy atom. The summed E-state index contributed by atoms with van der Waals surface area (Å²) in [6.07, 6.45) is 1.71. The van der Waals surface area contributed by atoms with Gasteiger partial charge in [-0.3, -0.25) is 0 Å². The second-order valence-corrected chi connectivity index (χ2v) is 5.86. The lowest BCUT2D eigenvalue weighted by Crippen LogP contribution is -2.22. The molecule has 5 nitrogen and oxygen atoms in total. The summed E-state index contributed by atoms with van der Waals surface area (Å²) >= 11 is 0. The SMILES string of the molecule is Cc1noc(CCNC2CC(C)c3c(C)ccc(O)c32)n1. The predicted octanol–water partition coefficient (Wildman–Crippen LogP) is 2.77. The molecule has 21 heavy (non-hydrogen) atoms. The minimum Gasteiger partial charge on any atom is -0.508 e. The number of fused-ring (bicyclic) bond motifs is 1. The zero-order chi connectivity index (χ0) is 15.0. The van der Waals surface area contributed by atoms with Crippen LogP contribution in [0.3, 0.4) is 0 Å². The van der Waals surface area contributed by atoms with Gasteiger partial charge in [-0.05, 0) is 43.4 Å². The summed E-state index contributed by atoms with van der Waals surface area (Å²) in [5.74, 6) is 2.18. The Morgan fingerprint density at radius 2 is 2.14 bits per heavy atom. The molecule has 3 rings (SSSR count). The van der Waals surface area contributed by atoms with E-state index in [2.05, 4.69) is 29.3 Å². The lowest BCUT2D eigenvalue weighted by molar-refractivity contribution is 0.367. The molecule has 1 aromatic carbocycles. The fourth-order valence-electron chi connectivity index (χ4n) is 3.32. The summed E-state index contributed by atoms with van der Waals surface area (Å²) in [7, 11) is 0. The maximum Gasteiger partial charge on any atom is 0.227 e. The Hall–Kier alpha value is -1.88. The molecule has 112 valence electrons. The minimum absolute atomic E-state index is 0.193. The van der Waals surface area contributed by atoms with E-state index in [0.717, 1.165) is 18.5 Å². The standard InChI is InChI=1S/C16H21N3O2/c1-9-4-5-13(20)16-12(8-10(2)15(9)16)17-7-6-14-18-11(3)19-21-14/h4-5,10,12,17,20H,6-8H2,1-3H3. The molecule has 1 aliphatic carbocycles. The van der Waals surface area contributed by atoms with E-state index in [1.165, 1.54) is 11.1 Å². The third-order valence-electron chi connectivity index (χ3n) is 4.21. The van der Waals surface area contributed by atoms with Crippen LogP contribution in [0.4, 0.5) is 0 Å². The second-order valence-electron chi connectivity index (χ2n) is 5.86. The number of aromatic hydroxyl groups is 1. The molecule has 2 aromatic rings. The normalized spacial score (nSPS) is 20.7. The molecule has 0 saturated carbocycles. The van der Waals surface area contributed by atoms with Gasteiger partial charge in [0.15, 0.2) is 5.82 Å². The molecule has 2 unspecified atom stereocenters. The average Bonchev–Trinajstić information content (AvgIpc) is 2.99. The average molecular weight is 287 g/mol. The molecule has 1 heterocycles. The van der Waals surface area contributed by atoms with E-state index in [4.69, 9.17) is 4.52 Å². The van der Waals surface area contributed by atoms with Crippen LogP contribution in [-0.2, 0) is 6.42 Å². The van der Waals surface area contributed by atoms with Crippen LogP contribution in [0.1, 0.15) is 53.7 Å². The first-order chi connectivity index (χ1) is 10.1. The number of aryl methyl sites for hydroxylation is 2. The van der Waals surface area contributed by atoms with Crippen LogP contribution in [0, 0.1) is 13.8 Å². The van der Waals surface area contributed by atoms with Gasteiger partial charge in [-0.2, -0.15) is 4.98 Å². The second kappa shape index (κ2) is 5.48. The molecule has 1 aliphatic rings. The van der Waals surface area contributed by atoms with Crippen LogP contribution >= 0.6 is 0 Å². The van der Waals surface area contributed by atoms with E-state index in [-0.39, 0.29) is 6.04 Å². The number of hydrogen-bond acceptors (Lipinski definition) is 5. The summed E-state index contributed by atoms with van der Waals surface area (Å²) in [6, 6.07) is 3.98. The molecule has 2 N–H and O–H groups in total. The molecular weight excluding hydrogens is 266 g/mol. The molecule has 1 aromatic heterocycles. The van der Waals surface area contributed by atoms with E-state index in [1.807, 2.05) is 13.0 Å². The van der Waals surface area contributed by atoms with Crippen molar-refractivity contribution in [3.05, 3.63) is 40.5 Å². The number of aromatic nitrogens is 2. The first kappa shape index (κ1) is 14.1. The van der Waals surface area contributed by atoms with Crippen molar-refractivity contribution in [3.63, 3.8) is 0 Å². The van der Waals surface area contributed by atoms with Gasteiger partial charge in [0.05, 0.1) is 0 Å². The molecular formula is C16H21N3O2. The van der Waals surface area contributed by atoms with Crippen molar-refractivity contribution in [2.45, 2.75) is 45.6 Å². The van der Waals surface area contributed by atoms with Crippen LogP contribution in [0.15, 0.2) is 16.7 Å². The summed E-state index contributed by atoms with van der Waals surface area (Å²) < 4.78 is 5.11. The van der Waals surface area contributed by atoms with Crippen molar-refractivity contribution in [2.24, 2.45) is 0 Å². The fourth-order valence-corrected chi connectivity index (χ4v) is 3.32. The van der Waals surface area contributed by atoms with Gasteiger partial charge in [-0.1, -0.05) is 18.1 Å². The highest BCUT2D eigenvalue weighted by Gasteiger charge is 2.31. The van der Waals surface area contributed by atoms with Crippen LogP contribution in [-0.4, -0.2) is 21.8 Å². The quantitative estimate of drug-likeness (QED) is 0.904. The van der Waals surface area contributed by atoms with Gasteiger partial charge in [0.25, 0.3) is 0 Å². The number of phenolic OH excluding ortho intramolecular Hbond substituents is 1. The van der Waals surface area contributed by atoms with Gasteiger partial charge < -0.3 is 14.9 Å². The van der Waals surface area contributed by atoms with Gasteiger partial charge in [0.1, 0.15) is 5.75 Å². The number of benzene rings is 1. The molecule has 0 aliphatic heterocycles. The van der Waals surface area contributed by atoms with Gasteiger partial charge >= 0.3 is 0 Å². The number of rotatable bonds is 4. The number of hydrogen-bond donors (Lipinski definition) is 2. The topological polar surface area (TPSA) is 71.2 Å². The summed E-state index contributed by atoms with van der Waals surface area (Å²) in [5.41, 5.74) is 3.61. The third kappa shape index (κ3) is 2.65. The lowest BCUT2D eigenvalue weighted by Gasteiger charge is -2.15. The number of phenols is 1. The van der Waals surface area contributed by atoms with E-state index >= 15 is 0 Å². The minimum atomic E-state index is 0.193. The van der Waals surface area contributed by atoms with Crippen LogP contribution < -0.4 is 5.32 Å². The zero-order valence-corrected chi connectivity index (χ0v) is 12.7. The highest BCUT2D eigenvalue weighted by atomic mass is 16.5. The molecule has 0 spiro atoms. The first-order valence-corrected chi connectivity index (χ1v) is 7.41. The highest BCUT2D eigenvalue weighted by molar-refractivity contribution is 5.50. The maximum atomic E-state index is 10.2. The Kier molecular flexibility index (Phi) is 3.68. The molecule has 2 atom stereocenters. The van der Waals surface area contributed by atoms with Gasteiger partial charge in [-0.15, -0.1) is 0 Å². The Bertz CT molecular complexity index is 651. The monoisotopic (exact) mass is 287 g/mol. The van der Waals surface area contributed by atoms with Crippen molar-refractivity contribution in [1.29, 1.82) is 0 Å². The Balaban J connectivity index is 1.70. The Labute approximate surface area is 124 Å². The van der Waals surface area contributed by atoms with Crippen LogP contribution in [0.25, 0.3) is 0 Å². The number of nitrogens with zero attached hydrogens (tertiary/aromatic N) is 2. The van der Waals surface area contributed by atoms with Crippen molar-refractivity contribution < 1.29 is 9.63 Å². The van der Waals surface area contributed by atoms with Crippen molar-refractivity contribution in [1.82, 2.24) is 15.5 Å². The molecule has 0 amide bonds. The zero-order valence-electron chi connectivity index (χ0n) is 12.7. The Morgan fingerprint density at radius 1 is 1.33 bits per heavy atom. The molecule has 0 bridgehead atoms. The van der Waals surface area contributed by atoms with E-state index in [9.17, 15) is 5.11 Å². The van der Waals surface area contributed by atoms with Gasteiger partial charge in [0, 0.05) is 24.6 Å². The molecule has 0 radical (unpaired) electrons. The molecule has 5 heteroatoms. The number of nitrogens with one attached hydrogen (secondary N) is 1. The third-order valence-corrected chi connectivity index (χ3v) is 4.21. The van der Waals surface area contributed by atoms with Crippen LogP contribution in [0.5, 0.6) is 5.75 Å². The first-order valence-electron chi connectivity index (χ1n) is 7.41. The predicted molar refractivity (Wildman–Crippen MR) is 79.4 cm³/mol. The molecule has 0 saturated heterocycles. The van der Waals surface area contributed by atoms with Gasteiger partial charge in [-0.25, -0.2) is 0 Å². The van der Waals surface area contributed by atoms with E-state index in [0.29, 0.717) is 29.8 Å². The lowest BCUT2D eigenvalue weighted by atomic mass is 9.97. The van der Waals surface area contributed by atoms with Crippen molar-refractivity contribution in [3.8, 4) is 5.75 Å². The van der Waals surface area contributed by atoms with Crippen molar-refractivity contribution in [2.75, 3.05) is 6.54 Å². The van der Waals surface area contributed by atoms with Crippen LogP contribution in [0.2, 0.25) is 0 Å². The summed E-state index contributed by atoms with van der Waals surface area (Å²) in [6.45, 7) is 6.90. The summed E-state index contributed by atoms with van der Waals surface area (Å²) in [4.78, 5) is 4.20. The van der Waals surface area contributed by atoms with E-state index in [1.54, 1.807) is 6.07 Å². The van der Waals surface area contributed by atoms with E-state index < -0.39 is 0 Å². The van der Waals surface area contributed by atoms with Crippen molar-refractivity contribution >= 4 is 0 Å². The molecule has 0 fully saturated rings. The smallest absolute Gasteiger partial charge is 0.227 e. The summed E-state index contributed by atoms with van der Waals surface area (Å²) in [5, 5.41) is 17.5. The maximum absolute atomic E-state index is 10.2. The van der Waals surface area contributed by atoms with Gasteiger partial charge in [0.2, 0.25) is 5.89 Å². The fraction of sp³-hybridized carbons (Fsp3) is 0.500. The highest BCUT2D eigenvalue weighted by Crippen LogP contribution is 2.45. The largest absolute Gasteiger partial charge is 0.508 e.